The van der Waals surface area contributed by atoms with Gasteiger partial charge in [-0.2, -0.15) is 15.3 Å². The van der Waals surface area contributed by atoms with E-state index in [9.17, 15) is 0 Å². The maximum Gasteiger partial charge on any atom is 0.495 e. The van der Waals surface area contributed by atoms with Gasteiger partial charge in [0.1, 0.15) is 12.4 Å². The van der Waals surface area contributed by atoms with Gasteiger partial charge in [-0.15, -0.1) is 4.80 Å². The van der Waals surface area contributed by atoms with Gasteiger partial charge >= 0.3 is 7.12 Å². The molecule has 8 nitrogen and oxygen atoms in total. The summed E-state index contributed by atoms with van der Waals surface area (Å²) in [4.78, 5) is 1.61. The number of aromatic nitrogens is 5. The molecular weight excluding hydrogens is 409 g/mol. The minimum Gasteiger partial charge on any atom is -0.399 e. The predicted molar refractivity (Wildman–Crippen MR) is 124 cm³/mol. The minimum atomic E-state index is -1.15. The van der Waals surface area contributed by atoms with Crippen molar-refractivity contribution in [2.24, 2.45) is 0 Å². The van der Waals surface area contributed by atoms with Crippen LogP contribution in [0.5, 0.6) is 0 Å². The highest BCUT2D eigenvalue weighted by molar-refractivity contribution is 6.76. The van der Waals surface area contributed by atoms with Crippen molar-refractivity contribution in [3.05, 3.63) is 30.7 Å². The molecule has 1 saturated heterocycles. The van der Waals surface area contributed by atoms with Crippen LogP contribution in [0.15, 0.2) is 30.7 Å². The molecule has 3 aromatic rings. The largest absolute Gasteiger partial charge is 0.495 e. The molecule has 166 valence electrons. The van der Waals surface area contributed by atoms with E-state index >= 15 is 0 Å². The predicted octanol–water partition coefficient (Wildman–Crippen LogP) is 3.23. The van der Waals surface area contributed by atoms with Crippen molar-refractivity contribution in [2.75, 3.05) is 6.61 Å². The fourth-order valence-electron chi connectivity index (χ4n) is 3.51. The van der Waals surface area contributed by atoms with Gasteiger partial charge in [-0.25, -0.2) is 4.68 Å². The van der Waals surface area contributed by atoms with Crippen molar-refractivity contribution in [3.63, 3.8) is 0 Å². The quantitative estimate of drug-likeness (QED) is 0.414. The van der Waals surface area contributed by atoms with E-state index in [1.54, 1.807) is 17.2 Å². The van der Waals surface area contributed by atoms with Crippen LogP contribution in [0.1, 0.15) is 27.7 Å². The molecule has 31 heavy (non-hydrogen) atoms. The number of ether oxygens (including phenoxy) is 1. The number of nitrogens with zero attached hydrogens (tertiary/aromatic N) is 5. The maximum atomic E-state index is 6.31. The van der Waals surface area contributed by atoms with Gasteiger partial charge in [-0.05, 0) is 45.3 Å². The second kappa shape index (κ2) is 7.84. The second-order valence-electron chi connectivity index (χ2n) is 10.3. The van der Waals surface area contributed by atoms with Gasteiger partial charge in [-0.1, -0.05) is 25.7 Å². The molecule has 1 aliphatic rings. The van der Waals surface area contributed by atoms with E-state index in [0.29, 0.717) is 6.73 Å². The molecule has 0 bridgehead atoms. The molecule has 0 amide bonds. The zero-order valence-corrected chi connectivity index (χ0v) is 20.5. The van der Waals surface area contributed by atoms with Crippen molar-refractivity contribution < 1.29 is 14.0 Å². The molecular formula is C21H32BN5O3Si. The molecule has 0 N–H and O–H groups in total. The van der Waals surface area contributed by atoms with Crippen molar-refractivity contribution >= 4 is 31.6 Å². The third-order valence-corrected chi connectivity index (χ3v) is 7.87. The van der Waals surface area contributed by atoms with Gasteiger partial charge in [0, 0.05) is 20.1 Å². The molecule has 10 heteroatoms. The number of fused-ring (bicyclic) bond motifs is 1. The second-order valence-corrected chi connectivity index (χ2v) is 16.0. The summed E-state index contributed by atoms with van der Waals surface area (Å²) in [5, 5.41) is 14.2. The van der Waals surface area contributed by atoms with Crippen LogP contribution in [0.2, 0.25) is 25.7 Å². The monoisotopic (exact) mass is 441 g/mol. The molecule has 0 unspecified atom stereocenters. The normalized spacial score (nSPS) is 18.2. The smallest absolute Gasteiger partial charge is 0.399 e. The van der Waals surface area contributed by atoms with Crippen LogP contribution < -0.4 is 5.46 Å². The highest BCUT2D eigenvalue weighted by atomic mass is 28.3. The molecule has 1 fully saturated rings. The maximum absolute atomic E-state index is 6.31. The summed E-state index contributed by atoms with van der Waals surface area (Å²) in [6.07, 6.45) is 5.18. The van der Waals surface area contributed by atoms with Crippen LogP contribution in [0, 0.1) is 0 Å². The van der Waals surface area contributed by atoms with E-state index in [4.69, 9.17) is 14.0 Å². The topological polar surface area (TPSA) is 76.2 Å². The van der Waals surface area contributed by atoms with Gasteiger partial charge in [0.15, 0.2) is 0 Å². The Labute approximate surface area is 185 Å². The average Bonchev–Trinajstić information content (AvgIpc) is 3.37. The molecule has 1 aromatic carbocycles. The molecule has 0 radical (unpaired) electrons. The summed E-state index contributed by atoms with van der Waals surface area (Å²) in [6.45, 7) is 16.4. The summed E-state index contributed by atoms with van der Waals surface area (Å²) in [7, 11) is -1.63. The lowest BCUT2D eigenvalue weighted by molar-refractivity contribution is 0.00578. The van der Waals surface area contributed by atoms with Crippen molar-refractivity contribution in [1.29, 1.82) is 0 Å². The van der Waals surface area contributed by atoms with Crippen LogP contribution in [-0.2, 0) is 20.8 Å². The summed E-state index contributed by atoms with van der Waals surface area (Å²) < 4.78 is 20.5. The Morgan fingerprint density at radius 3 is 2.26 bits per heavy atom. The van der Waals surface area contributed by atoms with E-state index in [1.165, 1.54) is 0 Å². The Morgan fingerprint density at radius 2 is 1.65 bits per heavy atom. The first-order valence-electron chi connectivity index (χ1n) is 10.8. The van der Waals surface area contributed by atoms with E-state index < -0.39 is 26.4 Å². The first kappa shape index (κ1) is 22.2. The standard InChI is InChI=1S/C21H32BN5O3Si/c1-20(2)21(3,4)30-22(29-20)17-8-9-18(27-23-10-11-24-27)19-16(17)14-25-26(19)15-28-12-13-31(5,6)7/h8-11,14H,12-13,15H2,1-7H3. The van der Waals surface area contributed by atoms with Crippen LogP contribution in [0.3, 0.4) is 0 Å². The number of benzene rings is 1. The highest BCUT2D eigenvalue weighted by Crippen LogP contribution is 2.37. The van der Waals surface area contributed by atoms with E-state index in [-0.39, 0.29) is 0 Å². The van der Waals surface area contributed by atoms with Crippen molar-refractivity contribution in [2.45, 2.75) is 71.3 Å². The van der Waals surface area contributed by atoms with Crippen LogP contribution >= 0.6 is 0 Å². The summed E-state index contributed by atoms with van der Waals surface area (Å²) in [5.74, 6) is 0. The van der Waals surface area contributed by atoms with Gasteiger partial charge in [0.05, 0.1) is 35.3 Å². The summed E-state index contributed by atoms with van der Waals surface area (Å²) in [5.41, 5.74) is 1.85. The van der Waals surface area contributed by atoms with Crippen molar-refractivity contribution in [3.8, 4) is 5.69 Å². The first-order valence-corrected chi connectivity index (χ1v) is 14.5. The van der Waals surface area contributed by atoms with E-state index in [0.717, 1.165) is 34.7 Å². The van der Waals surface area contributed by atoms with Gasteiger partial charge < -0.3 is 14.0 Å². The Balaban J connectivity index is 1.71. The summed E-state index contributed by atoms with van der Waals surface area (Å²) in [6, 6.07) is 5.11. The van der Waals surface area contributed by atoms with Crippen LogP contribution in [0.4, 0.5) is 0 Å². The number of hydrogen-bond donors (Lipinski definition) is 0. The molecule has 4 rings (SSSR count). The van der Waals surface area contributed by atoms with Gasteiger partial charge in [-0.3, -0.25) is 0 Å². The zero-order chi connectivity index (χ0) is 22.4. The third-order valence-electron chi connectivity index (χ3n) is 6.17. The van der Waals surface area contributed by atoms with Gasteiger partial charge in [0.25, 0.3) is 0 Å². The lowest BCUT2D eigenvalue weighted by atomic mass is 9.77. The Morgan fingerprint density at radius 1 is 1.00 bits per heavy atom. The molecule has 0 aliphatic carbocycles. The Kier molecular flexibility index (Phi) is 5.62. The first-order chi connectivity index (χ1) is 14.5. The third kappa shape index (κ3) is 4.34. The van der Waals surface area contributed by atoms with Crippen molar-refractivity contribution in [1.82, 2.24) is 24.8 Å². The molecule has 3 heterocycles. The van der Waals surface area contributed by atoms with Gasteiger partial charge in [0.2, 0.25) is 0 Å². The highest BCUT2D eigenvalue weighted by Gasteiger charge is 2.52. The lowest BCUT2D eigenvalue weighted by Crippen LogP contribution is -2.41. The molecule has 0 saturated carbocycles. The van der Waals surface area contributed by atoms with E-state index in [2.05, 4.69) is 62.6 Å². The fourth-order valence-corrected chi connectivity index (χ4v) is 4.27. The lowest BCUT2D eigenvalue weighted by Gasteiger charge is -2.32. The number of hydrogen-bond acceptors (Lipinski definition) is 6. The molecule has 2 aromatic heterocycles. The minimum absolute atomic E-state index is 0.370. The van der Waals surface area contributed by atoms with Crippen LogP contribution in [0.25, 0.3) is 16.6 Å². The van der Waals surface area contributed by atoms with Crippen LogP contribution in [-0.4, -0.2) is 57.8 Å². The fraction of sp³-hybridized carbons (Fsp3) is 0.571. The Bertz CT molecular complexity index is 1040. The SMILES string of the molecule is CC1(C)OB(c2ccc(-n3nccn3)c3c2cnn3COCC[Si](C)(C)C)OC1(C)C. The van der Waals surface area contributed by atoms with E-state index in [1.807, 2.05) is 23.0 Å². The molecule has 0 spiro atoms. The number of rotatable bonds is 7. The molecule has 0 atom stereocenters. The Hall–Kier alpha value is -2.01. The average molecular weight is 441 g/mol. The zero-order valence-electron chi connectivity index (χ0n) is 19.5. The summed E-state index contributed by atoms with van der Waals surface area (Å²) >= 11 is 0. The molecule has 1 aliphatic heterocycles.